The van der Waals surface area contributed by atoms with Crippen molar-refractivity contribution in [1.29, 1.82) is 0 Å². The molecule has 0 spiro atoms. The van der Waals surface area contributed by atoms with E-state index >= 15 is 0 Å². The highest BCUT2D eigenvalue weighted by Gasteiger charge is 2.14. The Morgan fingerprint density at radius 3 is 2.04 bits per heavy atom. The molecule has 4 nitrogen and oxygen atoms in total. The van der Waals surface area contributed by atoms with Gasteiger partial charge in [-0.1, -0.05) is 12.1 Å². The van der Waals surface area contributed by atoms with Gasteiger partial charge in [-0.05, 0) is 48.4 Å². The van der Waals surface area contributed by atoms with Gasteiger partial charge in [0.25, 0.3) is 0 Å². The number of amides is 2. The Labute approximate surface area is 139 Å². The van der Waals surface area contributed by atoms with E-state index < -0.39 is 5.82 Å². The third-order valence-electron chi connectivity index (χ3n) is 3.49. The number of halogens is 2. The fraction of sp³-hybridized carbons (Fsp3) is 0.222. The van der Waals surface area contributed by atoms with Crippen LogP contribution in [0.4, 0.5) is 14.5 Å². The third kappa shape index (κ3) is 5.46. The summed E-state index contributed by atoms with van der Waals surface area (Å²) in [5.41, 5.74) is 1.34. The third-order valence-corrected chi connectivity index (χ3v) is 3.49. The Hall–Kier alpha value is -2.76. The molecule has 0 saturated carbocycles. The van der Waals surface area contributed by atoms with Crippen LogP contribution in [0.15, 0.2) is 48.5 Å². The van der Waals surface area contributed by atoms with Crippen molar-refractivity contribution in [3.8, 4) is 0 Å². The van der Waals surface area contributed by atoms with Crippen LogP contribution in [0.5, 0.6) is 0 Å². The Bertz CT molecular complexity index is 700. The monoisotopic (exact) mass is 332 g/mol. The maximum atomic E-state index is 12.9. The van der Waals surface area contributed by atoms with E-state index in [-0.39, 0.29) is 24.2 Å². The highest BCUT2D eigenvalue weighted by Crippen LogP contribution is 2.09. The zero-order chi connectivity index (χ0) is 17.5. The van der Waals surface area contributed by atoms with Crippen molar-refractivity contribution < 1.29 is 18.4 Å². The molecule has 0 atom stereocenters. The first-order chi connectivity index (χ1) is 11.4. The van der Waals surface area contributed by atoms with Gasteiger partial charge in [0.15, 0.2) is 0 Å². The molecule has 2 aromatic rings. The minimum absolute atomic E-state index is 0.103. The topological polar surface area (TPSA) is 49.4 Å². The van der Waals surface area contributed by atoms with E-state index in [1.54, 1.807) is 12.1 Å². The SMILES string of the molecule is CC(=O)N(CCc1ccc(F)cc1)CC(=O)Nc1ccc(F)cc1. The number of hydrogen-bond acceptors (Lipinski definition) is 2. The first kappa shape index (κ1) is 17.6. The van der Waals surface area contributed by atoms with Crippen LogP contribution in [-0.2, 0) is 16.0 Å². The fourth-order valence-electron chi connectivity index (χ4n) is 2.17. The van der Waals surface area contributed by atoms with Gasteiger partial charge < -0.3 is 10.2 Å². The van der Waals surface area contributed by atoms with Crippen LogP contribution in [-0.4, -0.2) is 29.8 Å². The molecule has 0 fully saturated rings. The highest BCUT2D eigenvalue weighted by molar-refractivity contribution is 5.94. The second-order valence-electron chi connectivity index (χ2n) is 5.37. The molecule has 0 aliphatic heterocycles. The summed E-state index contributed by atoms with van der Waals surface area (Å²) in [6.45, 7) is 1.63. The average molecular weight is 332 g/mol. The lowest BCUT2D eigenvalue weighted by Gasteiger charge is -2.20. The maximum Gasteiger partial charge on any atom is 0.243 e. The number of anilines is 1. The summed E-state index contributed by atoms with van der Waals surface area (Å²) < 4.78 is 25.7. The van der Waals surface area contributed by atoms with E-state index in [4.69, 9.17) is 0 Å². The number of carbonyl (C=O) groups is 2. The molecule has 2 rings (SSSR count). The molecule has 2 aromatic carbocycles. The van der Waals surface area contributed by atoms with E-state index in [1.165, 1.54) is 48.2 Å². The Morgan fingerprint density at radius 2 is 1.50 bits per heavy atom. The molecule has 0 aliphatic rings. The van der Waals surface area contributed by atoms with Gasteiger partial charge in [-0.25, -0.2) is 8.78 Å². The molecule has 6 heteroatoms. The van der Waals surface area contributed by atoms with Gasteiger partial charge in [0.1, 0.15) is 11.6 Å². The van der Waals surface area contributed by atoms with E-state index in [2.05, 4.69) is 5.32 Å². The normalized spacial score (nSPS) is 10.3. The molecular weight excluding hydrogens is 314 g/mol. The van der Waals surface area contributed by atoms with Crippen LogP contribution in [0.1, 0.15) is 12.5 Å². The van der Waals surface area contributed by atoms with E-state index in [1.807, 2.05) is 0 Å². The molecular formula is C18H18F2N2O2. The summed E-state index contributed by atoms with van der Waals surface area (Å²) >= 11 is 0. The lowest BCUT2D eigenvalue weighted by Crippen LogP contribution is -2.38. The number of rotatable bonds is 6. The predicted octanol–water partition coefficient (Wildman–Crippen LogP) is 2.99. The minimum atomic E-state index is -0.391. The molecule has 2 amide bonds. The molecule has 126 valence electrons. The van der Waals surface area contributed by atoms with Gasteiger partial charge in [-0.15, -0.1) is 0 Å². The number of nitrogens with zero attached hydrogens (tertiary/aromatic N) is 1. The van der Waals surface area contributed by atoms with Gasteiger partial charge in [-0.2, -0.15) is 0 Å². The summed E-state index contributed by atoms with van der Waals surface area (Å²) in [5, 5.41) is 2.61. The molecule has 24 heavy (non-hydrogen) atoms. The fourth-order valence-corrected chi connectivity index (χ4v) is 2.17. The van der Waals surface area contributed by atoms with E-state index in [9.17, 15) is 18.4 Å². The number of benzene rings is 2. The molecule has 0 heterocycles. The number of hydrogen-bond donors (Lipinski definition) is 1. The van der Waals surface area contributed by atoms with Gasteiger partial charge >= 0.3 is 0 Å². The first-order valence-corrected chi connectivity index (χ1v) is 7.49. The molecule has 0 saturated heterocycles. The standard InChI is InChI=1S/C18H18F2N2O2/c1-13(23)22(11-10-14-2-4-15(19)5-3-14)12-18(24)21-17-8-6-16(20)7-9-17/h2-9H,10-12H2,1H3,(H,21,24). The molecule has 0 radical (unpaired) electrons. The quantitative estimate of drug-likeness (QED) is 0.884. The highest BCUT2D eigenvalue weighted by atomic mass is 19.1. The second-order valence-corrected chi connectivity index (χ2v) is 5.37. The second kappa shape index (κ2) is 8.19. The van der Waals surface area contributed by atoms with Gasteiger partial charge in [0.2, 0.25) is 11.8 Å². The first-order valence-electron chi connectivity index (χ1n) is 7.49. The summed E-state index contributed by atoms with van der Waals surface area (Å²) in [6.07, 6.45) is 0.518. The largest absolute Gasteiger partial charge is 0.333 e. The van der Waals surface area contributed by atoms with Crippen molar-refractivity contribution >= 4 is 17.5 Å². The van der Waals surface area contributed by atoms with Gasteiger partial charge in [-0.3, -0.25) is 9.59 Å². The van der Waals surface area contributed by atoms with Crippen LogP contribution < -0.4 is 5.32 Å². The van der Waals surface area contributed by atoms with Gasteiger partial charge in [0.05, 0.1) is 6.54 Å². The average Bonchev–Trinajstić information content (AvgIpc) is 2.55. The van der Waals surface area contributed by atoms with Crippen LogP contribution >= 0.6 is 0 Å². The summed E-state index contributed by atoms with van der Waals surface area (Å²) in [7, 11) is 0. The zero-order valence-electron chi connectivity index (χ0n) is 13.3. The zero-order valence-corrected chi connectivity index (χ0v) is 13.3. The Kier molecular flexibility index (Phi) is 6.01. The Morgan fingerprint density at radius 1 is 0.958 bits per heavy atom. The van der Waals surface area contributed by atoms with Crippen LogP contribution in [0, 0.1) is 11.6 Å². The van der Waals surface area contributed by atoms with E-state index in [0.29, 0.717) is 18.7 Å². The lowest BCUT2D eigenvalue weighted by atomic mass is 10.1. The Balaban J connectivity index is 1.90. The van der Waals surface area contributed by atoms with Crippen molar-refractivity contribution in [2.45, 2.75) is 13.3 Å². The van der Waals surface area contributed by atoms with Crippen molar-refractivity contribution in [3.05, 3.63) is 65.7 Å². The molecule has 0 aromatic heterocycles. The van der Waals surface area contributed by atoms with Crippen molar-refractivity contribution in [2.75, 3.05) is 18.4 Å². The summed E-state index contributed by atoms with van der Waals surface area (Å²) in [5.74, 6) is -1.30. The van der Waals surface area contributed by atoms with Gasteiger partial charge in [0, 0.05) is 19.2 Å². The lowest BCUT2D eigenvalue weighted by molar-refractivity contribution is -0.132. The minimum Gasteiger partial charge on any atom is -0.333 e. The smallest absolute Gasteiger partial charge is 0.243 e. The molecule has 1 N–H and O–H groups in total. The van der Waals surface area contributed by atoms with Crippen molar-refractivity contribution in [3.63, 3.8) is 0 Å². The van der Waals surface area contributed by atoms with Crippen molar-refractivity contribution in [2.24, 2.45) is 0 Å². The molecule has 0 unspecified atom stereocenters. The van der Waals surface area contributed by atoms with Crippen LogP contribution in [0.25, 0.3) is 0 Å². The van der Waals surface area contributed by atoms with Crippen LogP contribution in [0.3, 0.4) is 0 Å². The van der Waals surface area contributed by atoms with Crippen molar-refractivity contribution in [1.82, 2.24) is 4.90 Å². The van der Waals surface area contributed by atoms with Crippen LogP contribution in [0.2, 0.25) is 0 Å². The molecule has 0 aliphatic carbocycles. The summed E-state index contributed by atoms with van der Waals surface area (Å²) in [4.78, 5) is 25.1. The number of nitrogens with one attached hydrogen (secondary N) is 1. The number of carbonyl (C=O) groups excluding carboxylic acids is 2. The van der Waals surface area contributed by atoms with E-state index in [0.717, 1.165) is 5.56 Å². The maximum absolute atomic E-state index is 12.9. The molecule has 0 bridgehead atoms. The predicted molar refractivity (Wildman–Crippen MR) is 87.4 cm³/mol. The summed E-state index contributed by atoms with van der Waals surface area (Å²) in [6, 6.07) is 11.4.